The Balaban J connectivity index is 0.00000272. The average molecular weight is 507 g/mol. The van der Waals surface area contributed by atoms with E-state index in [9.17, 15) is 5.11 Å². The summed E-state index contributed by atoms with van der Waals surface area (Å²) in [5, 5.41) is 14.3. The molecule has 8 N–H and O–H groups in total. The summed E-state index contributed by atoms with van der Waals surface area (Å²) < 4.78 is 6.41. The van der Waals surface area contributed by atoms with Gasteiger partial charge in [0.1, 0.15) is 0 Å². The summed E-state index contributed by atoms with van der Waals surface area (Å²) in [6.45, 7) is 10.3. The van der Waals surface area contributed by atoms with Crippen LogP contribution in [0.5, 0.6) is 0 Å². The third-order valence-electron chi connectivity index (χ3n) is 8.25. The van der Waals surface area contributed by atoms with Crippen molar-refractivity contribution in [2.45, 2.75) is 71.4 Å². The molecule has 0 bridgehead atoms. The van der Waals surface area contributed by atoms with E-state index in [1.165, 1.54) is 25.7 Å². The van der Waals surface area contributed by atoms with Gasteiger partial charge in [0.2, 0.25) is 0 Å². The van der Waals surface area contributed by atoms with Crippen molar-refractivity contribution in [3.05, 3.63) is 23.3 Å². The van der Waals surface area contributed by atoms with Crippen LogP contribution in [0.3, 0.4) is 0 Å². The van der Waals surface area contributed by atoms with E-state index in [2.05, 4.69) is 42.3 Å². The second-order valence-corrected chi connectivity index (χ2v) is 11.1. The molecule has 4 unspecified atom stereocenters. The number of hydrogen-bond donors (Lipinski definition) is 2. The summed E-state index contributed by atoms with van der Waals surface area (Å²) >= 11 is 6.21. The van der Waals surface area contributed by atoms with Crippen LogP contribution in [0.1, 0.15) is 59.8 Å². The highest BCUT2D eigenvalue weighted by atomic mass is 35.5. The number of likely N-dealkylation sites (tertiary alicyclic amines) is 1. The van der Waals surface area contributed by atoms with Gasteiger partial charge in [-0.2, -0.15) is 0 Å². The second-order valence-electron chi connectivity index (χ2n) is 10.6. The summed E-state index contributed by atoms with van der Waals surface area (Å²) in [7, 11) is 0. The molecular formula is C26H51ClN2O5. The second kappa shape index (κ2) is 14.9. The molecule has 1 saturated carbocycles. The van der Waals surface area contributed by atoms with Crippen LogP contribution in [0.4, 0.5) is 0 Å². The lowest BCUT2D eigenvalue weighted by atomic mass is 9.74. The third kappa shape index (κ3) is 7.74. The fourth-order valence-electron chi connectivity index (χ4n) is 6.23. The Morgan fingerprint density at radius 2 is 1.85 bits per heavy atom. The van der Waals surface area contributed by atoms with Crippen LogP contribution >= 0.6 is 11.6 Å². The minimum Gasteiger partial charge on any atom is -0.412 e. The number of allylic oxidation sites excluding steroid dienone is 2. The first-order valence-electron chi connectivity index (χ1n) is 12.2. The number of aliphatic hydroxyl groups excluding tert-OH is 1. The van der Waals surface area contributed by atoms with Crippen molar-refractivity contribution in [2.75, 3.05) is 39.4 Å². The highest BCUT2D eigenvalue weighted by molar-refractivity contribution is 6.31. The topological polar surface area (TPSA) is 139 Å². The van der Waals surface area contributed by atoms with Crippen molar-refractivity contribution >= 4 is 11.6 Å². The molecule has 0 aromatic heterocycles. The Morgan fingerprint density at radius 3 is 2.50 bits per heavy atom. The lowest BCUT2D eigenvalue weighted by Crippen LogP contribution is -2.52. The van der Waals surface area contributed by atoms with E-state index in [-0.39, 0.29) is 29.5 Å². The Labute approximate surface area is 211 Å². The average Bonchev–Trinajstić information content (AvgIpc) is 3.09. The van der Waals surface area contributed by atoms with E-state index in [1.807, 2.05) is 0 Å². The van der Waals surface area contributed by atoms with Gasteiger partial charge in [-0.25, -0.2) is 0 Å². The first kappa shape index (κ1) is 33.5. The highest BCUT2D eigenvalue weighted by Crippen LogP contribution is 2.47. The molecule has 8 heteroatoms. The molecule has 4 rings (SSSR count). The molecule has 0 amide bonds. The SMILES string of the molecule is C.CC(C)[C@H](CN1CCC2(CC1)OCC1C=C(Cl)C=CC12)NCC1CCCC(CO)C1.O.O.O. The van der Waals surface area contributed by atoms with E-state index < -0.39 is 0 Å². The summed E-state index contributed by atoms with van der Waals surface area (Å²) in [6.07, 6.45) is 13.8. The number of rotatable bonds is 7. The first-order valence-corrected chi connectivity index (χ1v) is 12.6. The van der Waals surface area contributed by atoms with E-state index in [1.54, 1.807) is 0 Å². The smallest absolute Gasteiger partial charge is 0.0776 e. The minimum absolute atomic E-state index is 0. The Morgan fingerprint density at radius 1 is 1.18 bits per heavy atom. The molecule has 4 aliphatic rings. The normalized spacial score (nSPS) is 30.8. The molecule has 0 radical (unpaired) electrons. The molecule has 2 aliphatic heterocycles. The first-order chi connectivity index (χ1) is 14.5. The van der Waals surface area contributed by atoms with Gasteiger partial charge in [0.25, 0.3) is 0 Å². The Bertz CT molecular complexity index is 637. The largest absolute Gasteiger partial charge is 0.412 e. The minimum atomic E-state index is 0. The number of nitrogens with one attached hydrogen (secondary N) is 1. The Kier molecular flexibility index (Phi) is 14.7. The van der Waals surface area contributed by atoms with Gasteiger partial charge in [-0.3, -0.25) is 0 Å². The monoisotopic (exact) mass is 506 g/mol. The van der Waals surface area contributed by atoms with Crippen LogP contribution in [0.25, 0.3) is 0 Å². The van der Waals surface area contributed by atoms with E-state index in [4.69, 9.17) is 16.3 Å². The Hall–Kier alpha value is -0.510. The lowest BCUT2D eigenvalue weighted by molar-refractivity contribution is -0.0596. The van der Waals surface area contributed by atoms with Crippen molar-refractivity contribution in [3.63, 3.8) is 0 Å². The molecule has 7 nitrogen and oxygen atoms in total. The zero-order valence-corrected chi connectivity index (χ0v) is 21.1. The quantitative estimate of drug-likeness (QED) is 0.546. The zero-order valence-electron chi connectivity index (χ0n) is 20.4. The number of hydrogen-bond acceptors (Lipinski definition) is 4. The van der Waals surface area contributed by atoms with E-state index in [0.29, 0.717) is 36.3 Å². The molecule has 202 valence electrons. The predicted molar refractivity (Wildman–Crippen MR) is 141 cm³/mol. The molecule has 0 aromatic carbocycles. The molecule has 2 aliphatic carbocycles. The summed E-state index contributed by atoms with van der Waals surface area (Å²) in [4.78, 5) is 2.65. The van der Waals surface area contributed by atoms with Gasteiger partial charge in [0.15, 0.2) is 0 Å². The van der Waals surface area contributed by atoms with Gasteiger partial charge < -0.3 is 36.5 Å². The fraction of sp³-hybridized carbons (Fsp3) is 0.846. The van der Waals surface area contributed by atoms with Crippen LogP contribution in [0.15, 0.2) is 23.3 Å². The molecule has 34 heavy (non-hydrogen) atoms. The number of halogens is 1. The van der Waals surface area contributed by atoms with Crippen molar-refractivity contribution in [3.8, 4) is 0 Å². The maximum absolute atomic E-state index is 9.51. The van der Waals surface area contributed by atoms with Crippen LogP contribution in [0, 0.1) is 29.6 Å². The lowest BCUT2D eigenvalue weighted by Gasteiger charge is -2.43. The molecule has 5 atom stereocenters. The maximum Gasteiger partial charge on any atom is 0.0776 e. The predicted octanol–water partition coefficient (Wildman–Crippen LogP) is 2.35. The van der Waals surface area contributed by atoms with Gasteiger partial charge in [-0.15, -0.1) is 0 Å². The molecule has 3 fully saturated rings. The number of fused-ring (bicyclic) bond motifs is 2. The number of aliphatic hydroxyl groups is 1. The fourth-order valence-corrected chi connectivity index (χ4v) is 6.46. The number of nitrogens with zero attached hydrogens (tertiary/aromatic N) is 1. The number of piperidine rings is 1. The van der Waals surface area contributed by atoms with Crippen LogP contribution in [0.2, 0.25) is 0 Å². The van der Waals surface area contributed by atoms with Crippen molar-refractivity contribution in [1.82, 2.24) is 10.2 Å². The van der Waals surface area contributed by atoms with Gasteiger partial charge >= 0.3 is 0 Å². The molecule has 0 aromatic rings. The molecule has 2 heterocycles. The summed E-state index contributed by atoms with van der Waals surface area (Å²) in [6, 6.07) is 0.530. The molecule has 1 spiro atoms. The number of ether oxygens (including phenoxy) is 1. The van der Waals surface area contributed by atoms with Crippen molar-refractivity contribution in [2.24, 2.45) is 29.6 Å². The van der Waals surface area contributed by atoms with Gasteiger partial charge in [0, 0.05) is 49.2 Å². The maximum atomic E-state index is 9.51. The van der Waals surface area contributed by atoms with Gasteiger partial charge in [0.05, 0.1) is 12.2 Å². The van der Waals surface area contributed by atoms with Crippen LogP contribution < -0.4 is 5.32 Å². The molecular weight excluding hydrogens is 456 g/mol. The summed E-state index contributed by atoms with van der Waals surface area (Å²) in [5.74, 6) is 2.82. The van der Waals surface area contributed by atoms with Crippen molar-refractivity contribution < 1.29 is 26.3 Å². The van der Waals surface area contributed by atoms with Crippen LogP contribution in [-0.2, 0) is 4.74 Å². The van der Waals surface area contributed by atoms with Crippen LogP contribution in [-0.4, -0.2) is 77.5 Å². The van der Waals surface area contributed by atoms with E-state index >= 15 is 0 Å². The van der Waals surface area contributed by atoms with Crippen molar-refractivity contribution in [1.29, 1.82) is 0 Å². The third-order valence-corrected chi connectivity index (χ3v) is 8.50. The van der Waals surface area contributed by atoms with Gasteiger partial charge in [-0.1, -0.05) is 51.4 Å². The summed E-state index contributed by atoms with van der Waals surface area (Å²) in [5.41, 5.74) is 0.0217. The standard InChI is InChI=1S/C25H41ClN2O2.CH4.3H2O/c1-18(2)24(27-14-19-4-3-5-20(12-19)16-29)15-28-10-8-25(9-11-28)23-7-6-22(26)13-21(23)17-30-25;;;;/h6-7,13,18-21,23-24,27,29H,3-5,8-12,14-17H2,1-2H3;1H4;3*1H2/t19?,20?,21?,23?,24-;;;;/m0..../s1. The van der Waals surface area contributed by atoms with Gasteiger partial charge in [-0.05, 0) is 62.5 Å². The van der Waals surface area contributed by atoms with E-state index in [0.717, 1.165) is 56.6 Å². The molecule has 2 saturated heterocycles. The zero-order chi connectivity index (χ0) is 21.1. The highest BCUT2D eigenvalue weighted by Gasteiger charge is 2.50.